The molecule has 0 unspecified atom stereocenters. The molecule has 1 aromatic heterocycles. The van der Waals surface area contributed by atoms with Gasteiger partial charge < -0.3 is 15.4 Å². The fourth-order valence-corrected chi connectivity index (χ4v) is 4.88. The highest BCUT2D eigenvalue weighted by atomic mass is 32.2. The van der Waals surface area contributed by atoms with E-state index in [4.69, 9.17) is 20.4 Å². The second kappa shape index (κ2) is 7.69. The average Bonchev–Trinajstić information content (AvgIpc) is 3.56. The summed E-state index contributed by atoms with van der Waals surface area (Å²) >= 11 is 1.92. The first-order valence-corrected chi connectivity index (χ1v) is 10.9. The van der Waals surface area contributed by atoms with Crippen LogP contribution >= 0.6 is 11.8 Å². The maximum Gasteiger partial charge on any atom is 0.161 e. The predicted molar refractivity (Wildman–Crippen MR) is 118 cm³/mol. The second-order valence-corrected chi connectivity index (χ2v) is 9.02. The Kier molecular flexibility index (Phi) is 4.89. The third-order valence-electron chi connectivity index (χ3n) is 5.44. The lowest BCUT2D eigenvalue weighted by molar-refractivity contribution is 0.122. The van der Waals surface area contributed by atoms with Crippen LogP contribution in [0.1, 0.15) is 18.5 Å². The van der Waals surface area contributed by atoms with Crippen molar-refractivity contribution >= 4 is 23.3 Å². The van der Waals surface area contributed by atoms with Crippen molar-refractivity contribution in [3.8, 4) is 11.4 Å². The van der Waals surface area contributed by atoms with Gasteiger partial charge in [0, 0.05) is 35.3 Å². The summed E-state index contributed by atoms with van der Waals surface area (Å²) < 4.78 is 5.57. The Balaban J connectivity index is 1.55. The maximum atomic E-state index is 5.88. The van der Waals surface area contributed by atoms with Crippen LogP contribution in [0.4, 0.5) is 11.5 Å². The van der Waals surface area contributed by atoms with Crippen molar-refractivity contribution in [2.75, 3.05) is 36.9 Å². The number of nitrogen functional groups attached to an aromatic ring is 1. The van der Waals surface area contributed by atoms with E-state index < -0.39 is 0 Å². The van der Waals surface area contributed by atoms with Gasteiger partial charge in [-0.25, -0.2) is 9.97 Å². The van der Waals surface area contributed by atoms with Gasteiger partial charge in [0.2, 0.25) is 0 Å². The molecule has 2 fully saturated rings. The number of anilines is 2. The standard InChI is InChI=1S/C23H24N4OS/c24-18-8-6-17(7-9-18)22-25-20(16-21(26-22)27-12-14-28-15-13-27)23(10-11-23)29-19-4-2-1-3-5-19/h1-9,16H,10-15,24H2. The molecule has 2 aliphatic rings. The number of aromatic nitrogens is 2. The molecule has 2 aromatic carbocycles. The van der Waals surface area contributed by atoms with Gasteiger partial charge in [0.15, 0.2) is 5.82 Å². The van der Waals surface area contributed by atoms with Crippen molar-refractivity contribution < 1.29 is 4.74 Å². The van der Waals surface area contributed by atoms with Gasteiger partial charge in [-0.1, -0.05) is 18.2 Å². The Labute approximate surface area is 175 Å². The number of morpholine rings is 1. The van der Waals surface area contributed by atoms with Gasteiger partial charge in [-0.3, -0.25) is 0 Å². The van der Waals surface area contributed by atoms with E-state index in [0.717, 1.165) is 67.7 Å². The fraction of sp³-hybridized carbons (Fsp3) is 0.304. The molecule has 6 heteroatoms. The zero-order valence-electron chi connectivity index (χ0n) is 16.3. The van der Waals surface area contributed by atoms with Crippen molar-refractivity contribution in [2.45, 2.75) is 22.5 Å². The smallest absolute Gasteiger partial charge is 0.161 e. The second-order valence-electron chi connectivity index (χ2n) is 7.57. The number of benzene rings is 2. The molecule has 1 aliphatic carbocycles. The molecule has 0 amide bonds. The number of ether oxygens (including phenoxy) is 1. The average molecular weight is 405 g/mol. The number of nitrogens with zero attached hydrogens (tertiary/aromatic N) is 3. The molecule has 29 heavy (non-hydrogen) atoms. The Bertz CT molecular complexity index is 984. The molecule has 1 saturated heterocycles. The quantitative estimate of drug-likeness (QED) is 0.638. The lowest BCUT2D eigenvalue weighted by Crippen LogP contribution is -2.37. The number of hydrogen-bond acceptors (Lipinski definition) is 6. The van der Waals surface area contributed by atoms with Gasteiger partial charge in [-0.2, -0.15) is 0 Å². The summed E-state index contributed by atoms with van der Waals surface area (Å²) in [4.78, 5) is 13.5. The summed E-state index contributed by atoms with van der Waals surface area (Å²) in [6.07, 6.45) is 2.26. The predicted octanol–water partition coefficient (Wildman–Crippen LogP) is 4.34. The van der Waals surface area contributed by atoms with Crippen LogP contribution in [0.5, 0.6) is 0 Å². The van der Waals surface area contributed by atoms with Crippen molar-refractivity contribution in [2.24, 2.45) is 0 Å². The molecule has 2 heterocycles. The number of rotatable bonds is 5. The molecule has 5 nitrogen and oxygen atoms in total. The summed E-state index contributed by atoms with van der Waals surface area (Å²) in [5.74, 6) is 1.76. The van der Waals surface area contributed by atoms with Crippen molar-refractivity contribution in [3.05, 3.63) is 66.4 Å². The summed E-state index contributed by atoms with van der Waals surface area (Å²) in [6, 6.07) is 20.6. The van der Waals surface area contributed by atoms with Crippen LogP contribution in [0.2, 0.25) is 0 Å². The van der Waals surface area contributed by atoms with Gasteiger partial charge in [0.1, 0.15) is 5.82 Å². The van der Waals surface area contributed by atoms with E-state index in [2.05, 4.69) is 41.3 Å². The molecule has 2 N–H and O–H groups in total. The Morgan fingerprint density at radius 3 is 2.34 bits per heavy atom. The van der Waals surface area contributed by atoms with Crippen LogP contribution in [0, 0.1) is 0 Å². The molecule has 1 saturated carbocycles. The summed E-state index contributed by atoms with van der Waals surface area (Å²) in [5.41, 5.74) is 8.74. The van der Waals surface area contributed by atoms with E-state index in [9.17, 15) is 0 Å². The molecular weight excluding hydrogens is 380 g/mol. The normalized spacial score (nSPS) is 17.9. The van der Waals surface area contributed by atoms with E-state index >= 15 is 0 Å². The van der Waals surface area contributed by atoms with E-state index in [1.54, 1.807) is 0 Å². The van der Waals surface area contributed by atoms with Gasteiger partial charge in [-0.05, 0) is 49.2 Å². The lowest BCUT2D eigenvalue weighted by atomic mass is 10.1. The minimum Gasteiger partial charge on any atom is -0.399 e. The van der Waals surface area contributed by atoms with Crippen LogP contribution in [-0.2, 0) is 9.48 Å². The van der Waals surface area contributed by atoms with E-state index in [-0.39, 0.29) is 4.75 Å². The fourth-order valence-electron chi connectivity index (χ4n) is 3.62. The van der Waals surface area contributed by atoms with Crippen LogP contribution in [0.3, 0.4) is 0 Å². The molecule has 3 aromatic rings. The molecule has 0 radical (unpaired) electrons. The largest absolute Gasteiger partial charge is 0.399 e. The first-order valence-electron chi connectivity index (χ1n) is 10.0. The van der Waals surface area contributed by atoms with Gasteiger partial charge in [0.05, 0.1) is 23.7 Å². The highest BCUT2D eigenvalue weighted by Crippen LogP contribution is 2.59. The monoisotopic (exact) mass is 404 g/mol. The van der Waals surface area contributed by atoms with Gasteiger partial charge >= 0.3 is 0 Å². The van der Waals surface area contributed by atoms with Crippen LogP contribution in [0.25, 0.3) is 11.4 Å². The van der Waals surface area contributed by atoms with E-state index in [1.807, 2.05) is 36.0 Å². The molecule has 0 atom stereocenters. The number of thioether (sulfide) groups is 1. The third-order valence-corrected chi connectivity index (χ3v) is 6.96. The highest BCUT2D eigenvalue weighted by Gasteiger charge is 2.47. The lowest BCUT2D eigenvalue weighted by Gasteiger charge is -2.29. The minimum absolute atomic E-state index is 0.0356. The molecule has 5 rings (SSSR count). The number of hydrogen-bond donors (Lipinski definition) is 1. The van der Waals surface area contributed by atoms with Gasteiger partial charge in [0.25, 0.3) is 0 Å². The summed E-state index contributed by atoms with van der Waals surface area (Å²) in [5, 5.41) is 0. The maximum absolute atomic E-state index is 5.88. The topological polar surface area (TPSA) is 64.3 Å². The van der Waals surface area contributed by atoms with Crippen LogP contribution < -0.4 is 10.6 Å². The summed E-state index contributed by atoms with van der Waals surface area (Å²) in [7, 11) is 0. The Morgan fingerprint density at radius 1 is 0.931 bits per heavy atom. The van der Waals surface area contributed by atoms with Crippen LogP contribution in [0.15, 0.2) is 65.6 Å². The molecule has 148 valence electrons. The molecular formula is C23H24N4OS. The summed E-state index contributed by atoms with van der Waals surface area (Å²) in [6.45, 7) is 3.19. The van der Waals surface area contributed by atoms with Crippen molar-refractivity contribution in [1.29, 1.82) is 0 Å². The van der Waals surface area contributed by atoms with E-state index in [0.29, 0.717) is 0 Å². The zero-order valence-corrected chi connectivity index (χ0v) is 17.1. The Morgan fingerprint density at radius 2 is 1.66 bits per heavy atom. The minimum atomic E-state index is 0.0356. The van der Waals surface area contributed by atoms with E-state index in [1.165, 1.54) is 4.90 Å². The third kappa shape index (κ3) is 3.95. The Hall–Kier alpha value is -2.57. The highest BCUT2D eigenvalue weighted by molar-refractivity contribution is 8.00. The van der Waals surface area contributed by atoms with Crippen molar-refractivity contribution in [3.63, 3.8) is 0 Å². The van der Waals surface area contributed by atoms with Crippen LogP contribution in [-0.4, -0.2) is 36.3 Å². The first-order chi connectivity index (χ1) is 14.2. The molecule has 0 spiro atoms. The van der Waals surface area contributed by atoms with Crippen molar-refractivity contribution in [1.82, 2.24) is 9.97 Å². The number of nitrogens with two attached hydrogens (primary N) is 1. The SMILES string of the molecule is Nc1ccc(-c2nc(N3CCOCC3)cc(C3(Sc4ccccc4)CC3)n2)cc1. The molecule has 0 bridgehead atoms. The zero-order chi connectivity index (χ0) is 19.7. The van der Waals surface area contributed by atoms with Gasteiger partial charge in [-0.15, -0.1) is 11.8 Å². The first kappa shape index (κ1) is 18.5. The molecule has 1 aliphatic heterocycles.